The maximum atomic E-state index is 4.17. The lowest BCUT2D eigenvalue weighted by atomic mass is 10.1. The third-order valence-electron chi connectivity index (χ3n) is 7.91. The summed E-state index contributed by atoms with van der Waals surface area (Å²) >= 11 is 0. The molecule has 5 aromatic carbocycles. The van der Waals surface area contributed by atoms with Crippen LogP contribution in [-0.2, 0) is 38.5 Å². The number of hydrogen-bond acceptors (Lipinski definition) is 1. The summed E-state index contributed by atoms with van der Waals surface area (Å²) in [7, 11) is 0. The van der Waals surface area contributed by atoms with Gasteiger partial charge in [0.25, 0.3) is 0 Å². The minimum Gasteiger partial charge on any atom is -0.261 e. The Morgan fingerprint density at radius 3 is 1.29 bits per heavy atom. The van der Waals surface area contributed by atoms with E-state index >= 15 is 0 Å². The van der Waals surface area contributed by atoms with Crippen LogP contribution >= 0.6 is 0 Å². The Labute approximate surface area is 252 Å². The Morgan fingerprint density at radius 2 is 0.810 bits per heavy atom. The van der Waals surface area contributed by atoms with Gasteiger partial charge in [-0.1, -0.05) is 140 Å². The fourth-order valence-corrected chi connectivity index (χ4v) is 5.66. The summed E-state index contributed by atoms with van der Waals surface area (Å²) in [6, 6.07) is 46.2. The lowest BCUT2D eigenvalue weighted by molar-refractivity contribution is 0.912. The maximum Gasteiger partial charge on any atom is 0.0661 e. The topological polar surface area (TPSA) is 12.4 Å². The predicted molar refractivity (Wildman–Crippen MR) is 181 cm³/mol. The van der Waals surface area contributed by atoms with Crippen LogP contribution in [0.3, 0.4) is 0 Å². The molecule has 0 atom stereocenters. The summed E-state index contributed by atoms with van der Waals surface area (Å²) in [5.41, 5.74) is 11.6. The number of allylic oxidation sites excluding steroid dienone is 1. The first-order chi connectivity index (χ1) is 20.9. The number of aryl methyl sites for hydroxylation is 4. The molecule has 0 unspecified atom stereocenters. The van der Waals surface area contributed by atoms with Gasteiger partial charge in [0, 0.05) is 12.6 Å². The van der Waals surface area contributed by atoms with Crippen molar-refractivity contribution in [2.45, 2.75) is 51.4 Å². The lowest BCUT2D eigenvalue weighted by Gasteiger charge is -1.93. The zero-order valence-electron chi connectivity index (χ0n) is 24.5. The minimum atomic E-state index is 1.01. The van der Waals surface area contributed by atoms with E-state index in [1.807, 2.05) is 60.8 Å². The molecule has 0 bridgehead atoms. The van der Waals surface area contributed by atoms with Crippen molar-refractivity contribution < 1.29 is 0 Å². The number of para-hydroxylation sites is 1. The van der Waals surface area contributed by atoms with E-state index in [1.54, 1.807) is 22.3 Å². The molecule has 3 aliphatic carbocycles. The van der Waals surface area contributed by atoms with Gasteiger partial charge in [0.15, 0.2) is 0 Å². The highest BCUT2D eigenvalue weighted by molar-refractivity contribution is 5.75. The van der Waals surface area contributed by atoms with Gasteiger partial charge in [-0.25, -0.2) is 0 Å². The van der Waals surface area contributed by atoms with Crippen LogP contribution in [0.4, 0.5) is 5.69 Å². The minimum absolute atomic E-state index is 1.01. The van der Waals surface area contributed by atoms with Gasteiger partial charge in [0.2, 0.25) is 0 Å². The monoisotopic (exact) mass is 547 g/mol. The van der Waals surface area contributed by atoms with Crippen LogP contribution in [0.5, 0.6) is 0 Å². The van der Waals surface area contributed by atoms with Crippen molar-refractivity contribution >= 4 is 18.0 Å². The summed E-state index contributed by atoms with van der Waals surface area (Å²) in [6.45, 7) is 0. The molecule has 4 aliphatic rings. The molecule has 1 aliphatic heterocycles. The second kappa shape index (κ2) is 16.1. The molecule has 0 radical (unpaired) electrons. The molecule has 0 fully saturated rings. The van der Waals surface area contributed by atoms with Gasteiger partial charge in [-0.05, 0) is 90.0 Å². The molecule has 1 heteroatoms. The van der Waals surface area contributed by atoms with E-state index in [-0.39, 0.29) is 0 Å². The standard InChI is InChI=1S/2C9H10.C9H8.C8H7N.C6H6/c3*1-2-5-9-7-3-6-8(9)4-1;1-2-4-8-7(3-1)5-6-9-8;1-2-4-6-5-3-1/h2*1-2,4-5H,3,6-7H2;1-6H,7H2;1-4,6H,5H2;1-6H. The SMILES string of the molecule is C1=Cc2ccccc2C1.C1=Nc2ccccc2C1.c1ccc2c(c1)CCC2.c1ccc2c(c1)CCC2.c1ccccc1. The quantitative estimate of drug-likeness (QED) is 0.183. The molecule has 0 aromatic heterocycles. The molecule has 210 valence electrons. The van der Waals surface area contributed by atoms with Crippen LogP contribution in [0, 0.1) is 0 Å². The summed E-state index contributed by atoms with van der Waals surface area (Å²) in [4.78, 5) is 4.17. The van der Waals surface area contributed by atoms with E-state index < -0.39 is 0 Å². The zero-order valence-corrected chi connectivity index (χ0v) is 24.5. The highest BCUT2D eigenvalue weighted by Crippen LogP contribution is 2.23. The first kappa shape index (κ1) is 29.0. The lowest BCUT2D eigenvalue weighted by Crippen LogP contribution is -1.77. The Kier molecular flexibility index (Phi) is 11.1. The molecule has 42 heavy (non-hydrogen) atoms. The Bertz CT molecular complexity index is 1380. The van der Waals surface area contributed by atoms with Gasteiger partial charge in [-0.2, -0.15) is 0 Å². The summed E-state index contributed by atoms with van der Waals surface area (Å²) in [6.07, 6.45) is 16.4. The van der Waals surface area contributed by atoms with Crippen LogP contribution in [0.1, 0.15) is 51.8 Å². The van der Waals surface area contributed by atoms with Crippen molar-refractivity contribution in [2.24, 2.45) is 4.99 Å². The van der Waals surface area contributed by atoms with E-state index in [4.69, 9.17) is 0 Å². The average Bonchev–Trinajstić information content (AvgIpc) is 3.90. The summed E-state index contributed by atoms with van der Waals surface area (Å²) in [5.74, 6) is 0. The van der Waals surface area contributed by atoms with Gasteiger partial charge in [0.05, 0.1) is 5.69 Å². The van der Waals surface area contributed by atoms with Crippen molar-refractivity contribution in [3.63, 3.8) is 0 Å². The number of rotatable bonds is 0. The molecule has 5 aromatic rings. The van der Waals surface area contributed by atoms with Crippen molar-refractivity contribution in [2.75, 3.05) is 0 Å². The van der Waals surface area contributed by atoms with Gasteiger partial charge < -0.3 is 0 Å². The van der Waals surface area contributed by atoms with Gasteiger partial charge in [-0.15, -0.1) is 0 Å². The van der Waals surface area contributed by atoms with Crippen molar-refractivity contribution in [3.8, 4) is 0 Å². The van der Waals surface area contributed by atoms with E-state index in [9.17, 15) is 0 Å². The predicted octanol–water partition coefficient (Wildman–Crippen LogP) is 10.2. The maximum absolute atomic E-state index is 4.17. The first-order valence-electron chi connectivity index (χ1n) is 15.4. The van der Waals surface area contributed by atoms with E-state index in [1.165, 1.54) is 55.2 Å². The number of fused-ring (bicyclic) bond motifs is 4. The summed E-state index contributed by atoms with van der Waals surface area (Å²) in [5, 5.41) is 0. The van der Waals surface area contributed by atoms with Crippen molar-refractivity contribution in [1.82, 2.24) is 0 Å². The molecule has 1 nitrogen and oxygen atoms in total. The summed E-state index contributed by atoms with van der Waals surface area (Å²) < 4.78 is 0. The van der Waals surface area contributed by atoms with Crippen molar-refractivity contribution in [1.29, 1.82) is 0 Å². The van der Waals surface area contributed by atoms with Crippen molar-refractivity contribution in [3.05, 3.63) is 178 Å². The molecule has 0 saturated carbocycles. The fourth-order valence-electron chi connectivity index (χ4n) is 5.66. The molecule has 0 amide bonds. The molecule has 1 heterocycles. The average molecular weight is 548 g/mol. The normalized spacial score (nSPS) is 13.7. The van der Waals surface area contributed by atoms with Crippen LogP contribution < -0.4 is 0 Å². The second-order valence-electron chi connectivity index (χ2n) is 10.8. The fraction of sp³-hybridized carbons (Fsp3) is 0.195. The third-order valence-corrected chi connectivity index (χ3v) is 7.91. The van der Waals surface area contributed by atoms with E-state index in [2.05, 4.69) is 96.0 Å². The molecule has 0 spiro atoms. The number of aliphatic imine (C=N–C) groups is 1. The third kappa shape index (κ3) is 8.75. The molecule has 0 N–H and O–H groups in total. The van der Waals surface area contributed by atoms with Crippen LogP contribution in [-0.4, -0.2) is 6.21 Å². The first-order valence-corrected chi connectivity index (χ1v) is 15.4. The largest absolute Gasteiger partial charge is 0.261 e. The highest BCUT2D eigenvalue weighted by Gasteiger charge is 2.08. The van der Waals surface area contributed by atoms with E-state index in [0.29, 0.717) is 0 Å². The van der Waals surface area contributed by atoms with Gasteiger partial charge >= 0.3 is 0 Å². The zero-order chi connectivity index (χ0) is 28.7. The Balaban J connectivity index is 0.000000106. The Hall–Kier alpha value is -4.49. The number of benzene rings is 5. The smallest absolute Gasteiger partial charge is 0.0661 e. The van der Waals surface area contributed by atoms with Crippen LogP contribution in [0.15, 0.2) is 145 Å². The number of nitrogens with zero attached hydrogens (tertiary/aromatic N) is 1. The highest BCUT2D eigenvalue weighted by atomic mass is 14.7. The van der Waals surface area contributed by atoms with Crippen LogP contribution in [0.25, 0.3) is 6.08 Å². The van der Waals surface area contributed by atoms with Crippen LogP contribution in [0.2, 0.25) is 0 Å². The van der Waals surface area contributed by atoms with Gasteiger partial charge in [-0.3, -0.25) is 4.99 Å². The van der Waals surface area contributed by atoms with E-state index in [0.717, 1.165) is 18.5 Å². The molecule has 9 rings (SSSR count). The number of hydrogen-bond donors (Lipinski definition) is 0. The molecule has 0 saturated heterocycles. The second-order valence-corrected chi connectivity index (χ2v) is 10.8. The molecular formula is C41H41N. The van der Waals surface area contributed by atoms with Gasteiger partial charge in [0.1, 0.15) is 0 Å². The molecular weight excluding hydrogens is 506 g/mol. The Morgan fingerprint density at radius 1 is 0.381 bits per heavy atom.